The van der Waals surface area contributed by atoms with Gasteiger partial charge in [0.1, 0.15) is 22.8 Å². The molecule has 1 aliphatic heterocycles. The molecular formula is C25H22N2O5. The number of methoxy groups -OCH3 is 2. The van der Waals surface area contributed by atoms with E-state index < -0.39 is 17.7 Å². The predicted molar refractivity (Wildman–Crippen MR) is 120 cm³/mol. The van der Waals surface area contributed by atoms with Gasteiger partial charge in [0.05, 0.1) is 25.8 Å². The molecule has 0 radical (unpaired) electrons. The number of benzene rings is 2. The zero-order chi connectivity index (χ0) is 22.8. The summed E-state index contributed by atoms with van der Waals surface area (Å²) in [7, 11) is 2.91. The number of ketones is 1. The van der Waals surface area contributed by atoms with Gasteiger partial charge in [0.25, 0.3) is 11.7 Å². The average molecular weight is 430 g/mol. The molecule has 3 aromatic rings. The minimum Gasteiger partial charge on any atom is -0.506 e. The van der Waals surface area contributed by atoms with Crippen molar-refractivity contribution >= 4 is 23.1 Å². The van der Waals surface area contributed by atoms with Gasteiger partial charge in [-0.15, -0.1) is 0 Å². The van der Waals surface area contributed by atoms with Gasteiger partial charge in [0.2, 0.25) is 0 Å². The van der Waals surface area contributed by atoms with Gasteiger partial charge in [-0.1, -0.05) is 18.2 Å². The van der Waals surface area contributed by atoms with Crippen molar-refractivity contribution in [3.05, 3.63) is 89.3 Å². The van der Waals surface area contributed by atoms with Crippen LogP contribution < -0.4 is 14.4 Å². The number of nitrogens with zero attached hydrogens (tertiary/aromatic N) is 2. The van der Waals surface area contributed by atoms with Crippen LogP contribution in [-0.2, 0) is 9.59 Å². The molecule has 1 aliphatic rings. The summed E-state index contributed by atoms with van der Waals surface area (Å²) in [6.07, 6.45) is 3.16. The third-order valence-electron chi connectivity index (χ3n) is 5.41. The molecule has 1 fully saturated rings. The summed E-state index contributed by atoms with van der Waals surface area (Å²) < 4.78 is 10.8. The van der Waals surface area contributed by atoms with Gasteiger partial charge in [-0.05, 0) is 54.4 Å². The minimum absolute atomic E-state index is 0.0505. The normalized spacial score (nSPS) is 17.5. The molecule has 1 saturated heterocycles. The summed E-state index contributed by atoms with van der Waals surface area (Å²) in [6.45, 7) is 1.90. The number of carbonyl (C=O) groups is 2. The van der Waals surface area contributed by atoms with Gasteiger partial charge >= 0.3 is 0 Å². The highest BCUT2D eigenvalue weighted by Gasteiger charge is 2.47. The van der Waals surface area contributed by atoms with Crippen LogP contribution in [0.2, 0.25) is 0 Å². The molecule has 1 amide bonds. The molecule has 1 N–H and O–H groups in total. The van der Waals surface area contributed by atoms with Crippen LogP contribution in [0.25, 0.3) is 5.76 Å². The summed E-state index contributed by atoms with van der Waals surface area (Å²) in [5.74, 6) is -1.25. The molecule has 0 bridgehead atoms. The lowest BCUT2D eigenvalue weighted by atomic mass is 9.95. The number of anilines is 1. The van der Waals surface area contributed by atoms with Crippen molar-refractivity contribution in [2.24, 2.45) is 0 Å². The van der Waals surface area contributed by atoms with Crippen LogP contribution in [0.15, 0.2) is 72.6 Å². The second-order valence-electron chi connectivity index (χ2n) is 7.33. The number of hydrogen-bond acceptors (Lipinski definition) is 6. The van der Waals surface area contributed by atoms with E-state index in [1.165, 1.54) is 19.1 Å². The summed E-state index contributed by atoms with van der Waals surface area (Å²) >= 11 is 0. The van der Waals surface area contributed by atoms with Gasteiger partial charge in [0.15, 0.2) is 0 Å². The molecule has 1 unspecified atom stereocenters. The first-order valence-corrected chi connectivity index (χ1v) is 9.97. The molecule has 1 atom stereocenters. The number of amides is 1. The fraction of sp³-hybridized carbons (Fsp3) is 0.160. The van der Waals surface area contributed by atoms with Gasteiger partial charge in [-0.3, -0.25) is 19.5 Å². The van der Waals surface area contributed by atoms with Gasteiger partial charge in [-0.2, -0.15) is 0 Å². The van der Waals surface area contributed by atoms with Crippen molar-refractivity contribution in [2.45, 2.75) is 13.0 Å². The number of aliphatic hydroxyl groups excluding tert-OH is 1. The Morgan fingerprint density at radius 1 is 0.969 bits per heavy atom. The Morgan fingerprint density at radius 2 is 1.59 bits per heavy atom. The molecule has 7 heteroatoms. The van der Waals surface area contributed by atoms with E-state index in [1.807, 2.05) is 25.1 Å². The Morgan fingerprint density at radius 3 is 2.19 bits per heavy atom. The van der Waals surface area contributed by atoms with E-state index in [-0.39, 0.29) is 16.9 Å². The Kier molecular flexibility index (Phi) is 5.64. The maximum absolute atomic E-state index is 13.3. The van der Waals surface area contributed by atoms with Crippen molar-refractivity contribution in [1.82, 2.24) is 4.98 Å². The van der Waals surface area contributed by atoms with E-state index in [0.717, 1.165) is 5.56 Å². The highest BCUT2D eigenvalue weighted by Crippen LogP contribution is 2.45. The first kappa shape index (κ1) is 21.1. The summed E-state index contributed by atoms with van der Waals surface area (Å²) in [5, 5.41) is 11.4. The molecule has 2 aromatic carbocycles. The first-order chi connectivity index (χ1) is 15.5. The standard InChI is InChI=1S/C25H22N2O5/c1-15-6-4-7-17(14-15)27-22(16-10-12-26-13-11-16)21(24(29)25(27)30)23(28)20-18(31-2)8-5-9-19(20)32-3/h4-14,22,28H,1-3H3/b23-21+. The van der Waals surface area contributed by atoms with Crippen LogP contribution in [0.4, 0.5) is 5.69 Å². The number of ether oxygens (including phenoxy) is 2. The SMILES string of the molecule is COc1cccc(OC)c1/C(O)=C1\C(=O)C(=O)N(c2cccc(C)c2)C1c1ccncc1. The summed E-state index contributed by atoms with van der Waals surface area (Å²) in [6, 6.07) is 14.9. The third kappa shape index (κ3) is 3.47. The highest BCUT2D eigenvalue weighted by molar-refractivity contribution is 6.51. The van der Waals surface area contributed by atoms with E-state index in [4.69, 9.17) is 9.47 Å². The molecule has 162 valence electrons. The minimum atomic E-state index is -0.852. The average Bonchev–Trinajstić information content (AvgIpc) is 3.09. The van der Waals surface area contributed by atoms with Crippen molar-refractivity contribution in [3.8, 4) is 11.5 Å². The van der Waals surface area contributed by atoms with Crippen LogP contribution in [0.5, 0.6) is 11.5 Å². The molecule has 2 heterocycles. The highest BCUT2D eigenvalue weighted by atomic mass is 16.5. The topological polar surface area (TPSA) is 89.0 Å². The summed E-state index contributed by atoms with van der Waals surface area (Å²) in [5.41, 5.74) is 2.28. The fourth-order valence-corrected chi connectivity index (χ4v) is 3.96. The maximum Gasteiger partial charge on any atom is 0.300 e. The van der Waals surface area contributed by atoms with Crippen LogP contribution >= 0.6 is 0 Å². The smallest absolute Gasteiger partial charge is 0.300 e. The van der Waals surface area contributed by atoms with Gasteiger partial charge in [-0.25, -0.2) is 0 Å². The number of Topliss-reactive ketones (excluding diaryl/α,β-unsaturated/α-hetero) is 1. The molecule has 0 saturated carbocycles. The lowest BCUT2D eigenvalue weighted by molar-refractivity contribution is -0.132. The second kappa shape index (κ2) is 8.55. The van der Waals surface area contributed by atoms with Crippen LogP contribution in [0, 0.1) is 6.92 Å². The zero-order valence-electron chi connectivity index (χ0n) is 17.9. The van der Waals surface area contributed by atoms with Gasteiger partial charge < -0.3 is 14.6 Å². The zero-order valence-corrected chi connectivity index (χ0v) is 17.9. The predicted octanol–water partition coefficient (Wildman–Crippen LogP) is 4.03. The number of carbonyl (C=O) groups excluding carboxylic acids is 2. The van der Waals surface area contributed by atoms with Gasteiger partial charge in [0, 0.05) is 18.1 Å². The second-order valence-corrected chi connectivity index (χ2v) is 7.33. The Bertz CT molecular complexity index is 1200. The number of aliphatic hydroxyl groups is 1. The molecule has 4 rings (SSSR count). The maximum atomic E-state index is 13.3. The van der Waals surface area contributed by atoms with E-state index >= 15 is 0 Å². The monoisotopic (exact) mass is 430 g/mol. The quantitative estimate of drug-likeness (QED) is 0.373. The number of aryl methyl sites for hydroxylation is 1. The van der Waals surface area contributed by atoms with E-state index in [9.17, 15) is 14.7 Å². The number of rotatable bonds is 5. The fourth-order valence-electron chi connectivity index (χ4n) is 3.96. The molecule has 0 spiro atoms. The van der Waals surface area contributed by atoms with E-state index in [2.05, 4.69) is 4.98 Å². The van der Waals surface area contributed by atoms with E-state index in [0.29, 0.717) is 22.7 Å². The van der Waals surface area contributed by atoms with Crippen LogP contribution in [-0.4, -0.2) is 36.0 Å². The Hall–Kier alpha value is -4.13. The number of hydrogen-bond donors (Lipinski definition) is 1. The lowest BCUT2D eigenvalue weighted by Gasteiger charge is -2.26. The lowest BCUT2D eigenvalue weighted by Crippen LogP contribution is -2.29. The Balaban J connectivity index is 2.01. The molecule has 7 nitrogen and oxygen atoms in total. The van der Waals surface area contributed by atoms with E-state index in [1.54, 1.807) is 48.8 Å². The van der Waals surface area contributed by atoms with Crippen molar-refractivity contribution in [1.29, 1.82) is 0 Å². The van der Waals surface area contributed by atoms with Crippen LogP contribution in [0.1, 0.15) is 22.7 Å². The van der Waals surface area contributed by atoms with Crippen molar-refractivity contribution < 1.29 is 24.2 Å². The third-order valence-corrected chi connectivity index (χ3v) is 5.41. The first-order valence-electron chi connectivity index (χ1n) is 9.97. The molecule has 0 aliphatic carbocycles. The molecule has 32 heavy (non-hydrogen) atoms. The Labute approximate surface area is 185 Å². The number of aromatic nitrogens is 1. The summed E-state index contributed by atoms with van der Waals surface area (Å²) in [4.78, 5) is 31.9. The largest absolute Gasteiger partial charge is 0.506 e. The van der Waals surface area contributed by atoms with Crippen molar-refractivity contribution in [2.75, 3.05) is 19.1 Å². The molecule has 1 aromatic heterocycles. The number of pyridine rings is 1. The van der Waals surface area contributed by atoms with Crippen LogP contribution in [0.3, 0.4) is 0 Å². The molecular weight excluding hydrogens is 408 g/mol. The van der Waals surface area contributed by atoms with Crippen molar-refractivity contribution in [3.63, 3.8) is 0 Å².